The average Bonchev–Trinajstić information content (AvgIpc) is 3.41. The normalized spacial score (nSPS) is 14.4. The highest BCUT2D eigenvalue weighted by atomic mass is 127. The van der Waals surface area contributed by atoms with Gasteiger partial charge in [-0.1, -0.05) is 12.1 Å². The Morgan fingerprint density at radius 1 is 1.21 bits per heavy atom. The highest BCUT2D eigenvalue weighted by Crippen LogP contribution is 2.22. The number of guanidine groups is 1. The molecule has 1 aromatic carbocycles. The second-order valence-electron chi connectivity index (χ2n) is 6.89. The lowest BCUT2D eigenvalue weighted by Crippen LogP contribution is -2.37. The molecule has 1 fully saturated rings. The minimum atomic E-state index is -3.40. The van der Waals surface area contributed by atoms with Crippen LogP contribution in [0.2, 0.25) is 0 Å². The van der Waals surface area contributed by atoms with Crippen LogP contribution in [0.3, 0.4) is 0 Å². The molecule has 1 saturated carbocycles. The highest BCUT2D eigenvalue weighted by molar-refractivity contribution is 14.0. The molecule has 0 atom stereocenters. The predicted molar refractivity (Wildman–Crippen MR) is 129 cm³/mol. The molecule has 3 N–H and O–H groups in total. The molecule has 1 aromatic heterocycles. The molecule has 0 unspecified atom stereocenters. The van der Waals surface area contributed by atoms with Crippen molar-refractivity contribution in [3.05, 3.63) is 45.4 Å². The number of aliphatic imine (C=N–C) groups is 1. The molecule has 1 heterocycles. The summed E-state index contributed by atoms with van der Waals surface area (Å²) in [6.45, 7) is 5.42. The molecule has 0 amide bonds. The first-order chi connectivity index (χ1) is 13.4. The number of aryl methyl sites for hydroxylation is 2. The molecule has 7 nitrogen and oxygen atoms in total. The number of nitrogens with one attached hydrogen (secondary N) is 3. The first-order valence-corrected chi connectivity index (χ1v) is 11.7. The van der Waals surface area contributed by atoms with Crippen LogP contribution in [0.4, 0.5) is 0 Å². The van der Waals surface area contributed by atoms with E-state index in [1.807, 2.05) is 19.1 Å². The van der Waals surface area contributed by atoms with Gasteiger partial charge in [-0.05, 0) is 44.4 Å². The first kappa shape index (κ1) is 24.0. The van der Waals surface area contributed by atoms with Gasteiger partial charge in [0.15, 0.2) is 5.96 Å². The van der Waals surface area contributed by atoms with Gasteiger partial charge in [-0.15, -0.1) is 35.3 Å². The fraction of sp³-hybridized carbons (Fsp3) is 0.474. The molecule has 10 heteroatoms. The largest absolute Gasteiger partial charge is 0.356 e. The Morgan fingerprint density at radius 2 is 1.90 bits per heavy atom. The van der Waals surface area contributed by atoms with Crippen LogP contribution in [0.1, 0.15) is 34.0 Å². The predicted octanol–water partition coefficient (Wildman–Crippen LogP) is 2.73. The van der Waals surface area contributed by atoms with Gasteiger partial charge < -0.3 is 10.6 Å². The summed E-state index contributed by atoms with van der Waals surface area (Å²) in [5.74, 6) is 0.706. The minimum Gasteiger partial charge on any atom is -0.356 e. The molecule has 29 heavy (non-hydrogen) atoms. The van der Waals surface area contributed by atoms with Gasteiger partial charge in [0.05, 0.1) is 15.6 Å². The number of rotatable bonds is 8. The van der Waals surface area contributed by atoms with Gasteiger partial charge in [-0.2, -0.15) is 0 Å². The lowest BCUT2D eigenvalue weighted by molar-refractivity contribution is 0.581. The monoisotopic (exact) mass is 549 g/mol. The number of hydrogen-bond acceptors (Lipinski definition) is 5. The van der Waals surface area contributed by atoms with Gasteiger partial charge in [0.2, 0.25) is 10.0 Å². The molecule has 2 aromatic rings. The SMILES string of the molecule is CN=C(NCCc1nc(C)c(C)s1)NCc1ccc(S(=O)(=O)NC2CC2)cc1.I. The average molecular weight is 550 g/mol. The molecule has 0 bridgehead atoms. The maximum atomic E-state index is 12.2. The van der Waals surface area contributed by atoms with Crippen LogP contribution in [0.25, 0.3) is 0 Å². The maximum Gasteiger partial charge on any atom is 0.240 e. The molecule has 0 spiro atoms. The van der Waals surface area contributed by atoms with Crippen molar-refractivity contribution in [2.45, 2.75) is 50.6 Å². The van der Waals surface area contributed by atoms with Gasteiger partial charge in [-0.3, -0.25) is 4.99 Å². The van der Waals surface area contributed by atoms with E-state index in [0.29, 0.717) is 17.4 Å². The lowest BCUT2D eigenvalue weighted by atomic mass is 10.2. The topological polar surface area (TPSA) is 95.5 Å². The number of aromatic nitrogens is 1. The van der Waals surface area contributed by atoms with E-state index in [9.17, 15) is 8.42 Å². The summed E-state index contributed by atoms with van der Waals surface area (Å²) in [5, 5.41) is 7.65. The van der Waals surface area contributed by atoms with Crippen LogP contribution in [0.15, 0.2) is 34.2 Å². The Hall–Kier alpha value is -1.24. The molecular weight excluding hydrogens is 521 g/mol. The second-order valence-corrected chi connectivity index (χ2v) is 9.89. The van der Waals surface area contributed by atoms with Gasteiger partial charge >= 0.3 is 0 Å². The van der Waals surface area contributed by atoms with E-state index >= 15 is 0 Å². The van der Waals surface area contributed by atoms with E-state index in [4.69, 9.17) is 0 Å². The van der Waals surface area contributed by atoms with Gasteiger partial charge in [0.25, 0.3) is 0 Å². The Labute approximate surface area is 193 Å². The molecule has 160 valence electrons. The fourth-order valence-electron chi connectivity index (χ4n) is 2.62. The molecule has 3 rings (SSSR count). The van der Waals surface area contributed by atoms with E-state index in [1.165, 1.54) is 4.88 Å². The second kappa shape index (κ2) is 10.7. The summed E-state index contributed by atoms with van der Waals surface area (Å²) in [7, 11) is -1.67. The summed E-state index contributed by atoms with van der Waals surface area (Å²) in [5.41, 5.74) is 2.08. The summed E-state index contributed by atoms with van der Waals surface area (Å²) in [4.78, 5) is 10.3. The van der Waals surface area contributed by atoms with E-state index in [1.54, 1.807) is 30.5 Å². The van der Waals surface area contributed by atoms with Crippen LogP contribution in [0.5, 0.6) is 0 Å². The fourth-order valence-corrected chi connectivity index (χ4v) is 4.85. The number of benzene rings is 1. The zero-order chi connectivity index (χ0) is 20.1. The quantitative estimate of drug-likeness (QED) is 0.268. The van der Waals surface area contributed by atoms with Crippen molar-refractivity contribution in [1.29, 1.82) is 0 Å². The number of hydrogen-bond donors (Lipinski definition) is 3. The van der Waals surface area contributed by atoms with E-state index in [2.05, 4.69) is 32.3 Å². The first-order valence-electron chi connectivity index (χ1n) is 9.36. The van der Waals surface area contributed by atoms with Crippen molar-refractivity contribution in [3.8, 4) is 0 Å². The van der Waals surface area contributed by atoms with Crippen molar-refractivity contribution in [1.82, 2.24) is 20.3 Å². The Balaban J connectivity index is 0.00000300. The van der Waals surface area contributed by atoms with Crippen molar-refractivity contribution in [2.75, 3.05) is 13.6 Å². The molecular formula is C19H28IN5O2S2. The highest BCUT2D eigenvalue weighted by Gasteiger charge is 2.27. The van der Waals surface area contributed by atoms with Crippen molar-refractivity contribution in [3.63, 3.8) is 0 Å². The number of sulfonamides is 1. The number of nitrogens with zero attached hydrogens (tertiary/aromatic N) is 2. The third kappa shape index (κ3) is 7.19. The van der Waals surface area contributed by atoms with Crippen molar-refractivity contribution >= 4 is 51.3 Å². The molecule has 0 radical (unpaired) electrons. The van der Waals surface area contributed by atoms with Gasteiger partial charge in [0, 0.05) is 37.5 Å². The zero-order valence-corrected chi connectivity index (χ0v) is 20.8. The smallest absolute Gasteiger partial charge is 0.240 e. The summed E-state index contributed by atoms with van der Waals surface area (Å²) in [6, 6.07) is 7.04. The van der Waals surface area contributed by atoms with E-state index in [0.717, 1.165) is 42.1 Å². The minimum absolute atomic E-state index is 0. The third-order valence-corrected chi connectivity index (χ3v) is 7.19. The maximum absolute atomic E-state index is 12.2. The zero-order valence-electron chi connectivity index (χ0n) is 16.9. The molecule has 1 aliphatic carbocycles. The Morgan fingerprint density at radius 3 is 2.45 bits per heavy atom. The molecule has 0 aliphatic heterocycles. The van der Waals surface area contributed by atoms with Crippen LogP contribution < -0.4 is 15.4 Å². The lowest BCUT2D eigenvalue weighted by Gasteiger charge is -2.12. The third-order valence-electron chi connectivity index (χ3n) is 4.52. The Bertz CT molecular complexity index is 919. The van der Waals surface area contributed by atoms with Gasteiger partial charge in [-0.25, -0.2) is 18.1 Å². The standard InChI is InChI=1S/C19H27N5O2S2.HI/c1-13-14(2)27-18(23-13)10-11-21-19(20-3)22-12-15-4-8-17(9-5-15)28(25,26)24-16-6-7-16;/h4-5,8-9,16,24H,6-7,10-12H2,1-3H3,(H2,20,21,22);1H. The van der Waals surface area contributed by atoms with Crippen molar-refractivity contribution in [2.24, 2.45) is 4.99 Å². The summed E-state index contributed by atoms with van der Waals surface area (Å²) < 4.78 is 27.1. The van der Waals surface area contributed by atoms with Crippen LogP contribution in [-0.2, 0) is 23.0 Å². The summed E-state index contributed by atoms with van der Waals surface area (Å²) in [6.07, 6.45) is 2.70. The molecule has 0 saturated heterocycles. The van der Waals surface area contributed by atoms with Crippen LogP contribution >= 0.6 is 35.3 Å². The van der Waals surface area contributed by atoms with Crippen molar-refractivity contribution < 1.29 is 8.42 Å². The van der Waals surface area contributed by atoms with E-state index in [-0.39, 0.29) is 30.0 Å². The van der Waals surface area contributed by atoms with Crippen LogP contribution in [0, 0.1) is 13.8 Å². The Kier molecular flexibility index (Phi) is 8.86. The summed E-state index contributed by atoms with van der Waals surface area (Å²) >= 11 is 1.73. The number of halogens is 1. The van der Waals surface area contributed by atoms with E-state index < -0.39 is 10.0 Å². The number of thiazole rings is 1. The van der Waals surface area contributed by atoms with Gasteiger partial charge in [0.1, 0.15) is 0 Å². The molecule has 1 aliphatic rings. The van der Waals surface area contributed by atoms with Crippen LogP contribution in [-0.4, -0.2) is 39.0 Å².